The minimum atomic E-state index is -3.84. The summed E-state index contributed by atoms with van der Waals surface area (Å²) in [6.07, 6.45) is 1.52. The first-order valence-corrected chi connectivity index (χ1v) is 11.9. The van der Waals surface area contributed by atoms with Crippen LogP contribution in [0.25, 0.3) is 0 Å². The minimum Gasteiger partial charge on any atom is -0.326 e. The van der Waals surface area contributed by atoms with Crippen LogP contribution in [-0.4, -0.2) is 26.8 Å². The highest BCUT2D eigenvalue weighted by Crippen LogP contribution is 2.23. The molecule has 0 radical (unpaired) electrons. The van der Waals surface area contributed by atoms with E-state index in [0.29, 0.717) is 29.9 Å². The molecule has 1 saturated heterocycles. The molecule has 0 atom stereocenters. The number of sulfonamides is 1. The van der Waals surface area contributed by atoms with E-state index in [1.165, 1.54) is 12.1 Å². The van der Waals surface area contributed by atoms with E-state index in [4.69, 9.17) is 0 Å². The molecule has 170 valence electrons. The molecule has 0 aliphatic carbocycles. The lowest BCUT2D eigenvalue weighted by molar-refractivity contribution is -0.117. The molecule has 0 aromatic heterocycles. The fourth-order valence-corrected chi connectivity index (χ4v) is 4.61. The van der Waals surface area contributed by atoms with Crippen LogP contribution in [0.2, 0.25) is 0 Å². The van der Waals surface area contributed by atoms with Gasteiger partial charge in [-0.05, 0) is 72.6 Å². The standard InChI is InChI=1S/C24H22FN3O4S/c25-18-5-13-22(14-6-18)33(31,32)27-20-7-3-17(4-8-20)16-23(29)26-19-9-11-21(12-10-19)28-15-1-2-24(28)30/h3-14,27H,1-2,15-16H2,(H,26,29). The third-order valence-electron chi connectivity index (χ3n) is 5.23. The molecular formula is C24H22FN3O4S. The van der Waals surface area contributed by atoms with Crippen molar-refractivity contribution in [3.8, 4) is 0 Å². The summed E-state index contributed by atoms with van der Waals surface area (Å²) in [5.74, 6) is -0.635. The second kappa shape index (κ2) is 9.41. The Balaban J connectivity index is 1.33. The lowest BCUT2D eigenvalue weighted by Crippen LogP contribution is -2.23. The number of carbonyl (C=O) groups excluding carboxylic acids is 2. The molecule has 4 rings (SSSR count). The largest absolute Gasteiger partial charge is 0.326 e. The Hall–Kier alpha value is -3.72. The van der Waals surface area contributed by atoms with Crippen LogP contribution >= 0.6 is 0 Å². The van der Waals surface area contributed by atoms with Gasteiger partial charge in [0.1, 0.15) is 5.82 Å². The smallest absolute Gasteiger partial charge is 0.261 e. The summed E-state index contributed by atoms with van der Waals surface area (Å²) in [6.45, 7) is 0.709. The van der Waals surface area contributed by atoms with E-state index in [2.05, 4.69) is 10.0 Å². The van der Waals surface area contributed by atoms with E-state index in [9.17, 15) is 22.4 Å². The van der Waals surface area contributed by atoms with Crippen molar-refractivity contribution >= 4 is 38.9 Å². The van der Waals surface area contributed by atoms with Crippen molar-refractivity contribution in [1.82, 2.24) is 0 Å². The number of amides is 2. The molecule has 2 N–H and O–H groups in total. The Morgan fingerprint density at radius 3 is 2.15 bits per heavy atom. The summed E-state index contributed by atoms with van der Waals surface area (Å²) < 4.78 is 40.2. The number of nitrogens with zero attached hydrogens (tertiary/aromatic N) is 1. The number of hydrogen-bond acceptors (Lipinski definition) is 4. The summed E-state index contributed by atoms with van der Waals surface area (Å²) in [4.78, 5) is 25.9. The SMILES string of the molecule is O=C(Cc1ccc(NS(=O)(=O)c2ccc(F)cc2)cc1)Nc1ccc(N2CCCC2=O)cc1. The quantitative estimate of drug-likeness (QED) is 0.550. The third kappa shape index (κ3) is 5.56. The normalized spacial score (nSPS) is 13.7. The van der Waals surface area contributed by atoms with Gasteiger partial charge in [-0.3, -0.25) is 14.3 Å². The molecule has 0 unspecified atom stereocenters. The van der Waals surface area contributed by atoms with E-state index in [1.54, 1.807) is 53.4 Å². The Bertz CT molecular complexity index is 1260. The van der Waals surface area contributed by atoms with Gasteiger partial charge >= 0.3 is 0 Å². The van der Waals surface area contributed by atoms with Gasteiger partial charge in [0.15, 0.2) is 0 Å². The van der Waals surface area contributed by atoms with Crippen molar-refractivity contribution in [2.75, 3.05) is 21.5 Å². The van der Waals surface area contributed by atoms with Crippen molar-refractivity contribution in [3.05, 3.63) is 84.2 Å². The van der Waals surface area contributed by atoms with E-state index < -0.39 is 15.8 Å². The maximum atomic E-state index is 13.0. The zero-order chi connectivity index (χ0) is 23.4. The van der Waals surface area contributed by atoms with Gasteiger partial charge in [0, 0.05) is 30.0 Å². The van der Waals surface area contributed by atoms with E-state index >= 15 is 0 Å². The number of nitrogens with one attached hydrogen (secondary N) is 2. The molecule has 0 spiro atoms. The second-order valence-corrected chi connectivity index (χ2v) is 9.36. The summed E-state index contributed by atoms with van der Waals surface area (Å²) >= 11 is 0. The average molecular weight is 468 g/mol. The molecule has 1 fully saturated rings. The molecule has 2 amide bonds. The second-order valence-electron chi connectivity index (χ2n) is 7.68. The van der Waals surface area contributed by atoms with E-state index in [-0.39, 0.29) is 23.1 Å². The molecule has 1 heterocycles. The average Bonchev–Trinajstić information content (AvgIpc) is 3.21. The Morgan fingerprint density at radius 2 is 1.55 bits per heavy atom. The molecule has 9 heteroatoms. The van der Waals surface area contributed by atoms with Crippen LogP contribution in [-0.2, 0) is 26.0 Å². The van der Waals surface area contributed by atoms with Crippen LogP contribution < -0.4 is 14.9 Å². The van der Waals surface area contributed by atoms with Gasteiger partial charge < -0.3 is 10.2 Å². The van der Waals surface area contributed by atoms with Gasteiger partial charge in [-0.2, -0.15) is 0 Å². The predicted octanol–water partition coefficient (Wildman–Crippen LogP) is 3.93. The van der Waals surface area contributed by atoms with Gasteiger partial charge in [0.2, 0.25) is 11.8 Å². The topological polar surface area (TPSA) is 95.6 Å². The van der Waals surface area contributed by atoms with Crippen LogP contribution in [0.15, 0.2) is 77.7 Å². The van der Waals surface area contributed by atoms with Crippen molar-refractivity contribution in [1.29, 1.82) is 0 Å². The van der Waals surface area contributed by atoms with E-state index in [0.717, 1.165) is 24.2 Å². The molecule has 3 aromatic carbocycles. The molecular weight excluding hydrogens is 445 g/mol. The fraction of sp³-hybridized carbons (Fsp3) is 0.167. The summed E-state index contributed by atoms with van der Waals surface area (Å²) in [5.41, 5.74) is 2.47. The highest BCUT2D eigenvalue weighted by Gasteiger charge is 2.21. The maximum Gasteiger partial charge on any atom is 0.261 e. The first-order valence-electron chi connectivity index (χ1n) is 10.4. The molecule has 0 bridgehead atoms. The molecule has 3 aromatic rings. The molecule has 0 saturated carbocycles. The summed E-state index contributed by atoms with van der Waals surface area (Å²) in [6, 6.07) is 18.1. The van der Waals surface area contributed by atoms with Crippen LogP contribution in [0.3, 0.4) is 0 Å². The van der Waals surface area contributed by atoms with Crippen LogP contribution in [0.5, 0.6) is 0 Å². The number of benzene rings is 3. The van der Waals surface area contributed by atoms with Crippen LogP contribution in [0.1, 0.15) is 18.4 Å². The zero-order valence-corrected chi connectivity index (χ0v) is 18.4. The highest BCUT2D eigenvalue weighted by molar-refractivity contribution is 7.92. The van der Waals surface area contributed by atoms with Crippen molar-refractivity contribution in [3.63, 3.8) is 0 Å². The summed E-state index contributed by atoms with van der Waals surface area (Å²) in [7, 11) is -3.84. The molecule has 33 heavy (non-hydrogen) atoms. The lowest BCUT2D eigenvalue weighted by atomic mass is 10.1. The van der Waals surface area contributed by atoms with Gasteiger partial charge in [0.05, 0.1) is 11.3 Å². The van der Waals surface area contributed by atoms with Crippen LogP contribution in [0.4, 0.5) is 21.5 Å². The number of halogens is 1. The Labute approximate surface area is 191 Å². The molecule has 1 aliphatic rings. The lowest BCUT2D eigenvalue weighted by Gasteiger charge is -2.16. The Kier molecular flexibility index (Phi) is 6.41. The fourth-order valence-electron chi connectivity index (χ4n) is 3.55. The van der Waals surface area contributed by atoms with Gasteiger partial charge in [-0.15, -0.1) is 0 Å². The van der Waals surface area contributed by atoms with Gasteiger partial charge in [-0.25, -0.2) is 12.8 Å². The predicted molar refractivity (Wildman–Crippen MR) is 124 cm³/mol. The first kappa shape index (κ1) is 22.5. The van der Waals surface area contributed by atoms with Crippen molar-refractivity contribution < 1.29 is 22.4 Å². The third-order valence-corrected chi connectivity index (χ3v) is 6.63. The van der Waals surface area contributed by atoms with Gasteiger partial charge in [0.25, 0.3) is 10.0 Å². The highest BCUT2D eigenvalue weighted by atomic mass is 32.2. The van der Waals surface area contributed by atoms with Crippen molar-refractivity contribution in [2.45, 2.75) is 24.2 Å². The zero-order valence-electron chi connectivity index (χ0n) is 17.6. The molecule has 7 nitrogen and oxygen atoms in total. The van der Waals surface area contributed by atoms with Crippen molar-refractivity contribution in [2.24, 2.45) is 0 Å². The molecule has 1 aliphatic heterocycles. The minimum absolute atomic E-state index is 0.0486. The van der Waals surface area contributed by atoms with Crippen LogP contribution in [0, 0.1) is 5.82 Å². The first-order chi connectivity index (χ1) is 15.8. The number of hydrogen-bond donors (Lipinski definition) is 2. The number of anilines is 3. The summed E-state index contributed by atoms with van der Waals surface area (Å²) in [5, 5.41) is 2.81. The Morgan fingerprint density at radius 1 is 0.909 bits per heavy atom. The van der Waals surface area contributed by atoms with E-state index in [1.807, 2.05) is 0 Å². The number of carbonyl (C=O) groups is 2. The monoisotopic (exact) mass is 467 g/mol. The maximum absolute atomic E-state index is 13.0. The number of rotatable bonds is 7. The van der Waals surface area contributed by atoms with Gasteiger partial charge in [-0.1, -0.05) is 12.1 Å².